The van der Waals surface area contributed by atoms with E-state index in [1.165, 1.54) is 11.8 Å². The fourth-order valence-electron chi connectivity index (χ4n) is 2.86. The number of ether oxygens (including phenoxy) is 3. The van der Waals surface area contributed by atoms with Gasteiger partial charge in [-0.2, -0.15) is 0 Å². The van der Waals surface area contributed by atoms with E-state index in [1.807, 2.05) is 10.6 Å². The van der Waals surface area contributed by atoms with Crippen LogP contribution in [0.1, 0.15) is 0 Å². The van der Waals surface area contributed by atoms with Gasteiger partial charge in [-0.25, -0.2) is 14.8 Å². The Labute approximate surface area is 163 Å². The van der Waals surface area contributed by atoms with Crippen molar-refractivity contribution in [2.75, 3.05) is 26.2 Å². The summed E-state index contributed by atoms with van der Waals surface area (Å²) in [6.07, 6.45) is 0.507. The summed E-state index contributed by atoms with van der Waals surface area (Å²) in [4.78, 5) is 20.3. The van der Waals surface area contributed by atoms with E-state index in [-0.39, 0.29) is 13.3 Å². The minimum absolute atomic E-state index is 0.161. The van der Waals surface area contributed by atoms with Gasteiger partial charge in [-0.15, -0.1) is 0 Å². The van der Waals surface area contributed by atoms with Gasteiger partial charge < -0.3 is 34.9 Å². The summed E-state index contributed by atoms with van der Waals surface area (Å²) in [6, 6.07) is 5.38. The van der Waals surface area contributed by atoms with Gasteiger partial charge in [0.25, 0.3) is 0 Å². The van der Waals surface area contributed by atoms with Crippen molar-refractivity contribution >= 4 is 34.7 Å². The van der Waals surface area contributed by atoms with E-state index in [0.29, 0.717) is 40.3 Å². The number of amides is 1. The summed E-state index contributed by atoms with van der Waals surface area (Å²) in [5, 5.41) is 11.8. The molecule has 0 bridgehead atoms. The van der Waals surface area contributed by atoms with Gasteiger partial charge in [0.05, 0.1) is 17.5 Å². The van der Waals surface area contributed by atoms with E-state index in [9.17, 15) is 4.79 Å². The topological polar surface area (TPSA) is 134 Å². The molecule has 10 nitrogen and oxygen atoms in total. The Morgan fingerprint density at radius 2 is 2.21 bits per heavy atom. The number of anilines is 1. The Morgan fingerprint density at radius 1 is 1.43 bits per heavy atom. The molecule has 4 N–H and O–H groups in total. The number of pyridine rings is 1. The molecular weight excluding hydrogens is 386 g/mol. The van der Waals surface area contributed by atoms with E-state index in [1.54, 1.807) is 25.4 Å². The number of hydrogen-bond donors (Lipinski definition) is 3. The van der Waals surface area contributed by atoms with Crippen LogP contribution in [0.15, 0.2) is 34.4 Å². The van der Waals surface area contributed by atoms with E-state index < -0.39 is 6.09 Å². The summed E-state index contributed by atoms with van der Waals surface area (Å²) in [7, 11) is 1.57. The molecule has 0 saturated heterocycles. The third-order valence-corrected chi connectivity index (χ3v) is 5.17. The summed E-state index contributed by atoms with van der Waals surface area (Å²) >= 11 is 1.36. The van der Waals surface area contributed by atoms with Gasteiger partial charge in [-0.1, -0.05) is 0 Å². The van der Waals surface area contributed by atoms with Crippen LogP contribution in [0.25, 0.3) is 11.0 Å². The third-order valence-electron chi connectivity index (χ3n) is 4.13. The van der Waals surface area contributed by atoms with Crippen molar-refractivity contribution in [1.29, 1.82) is 0 Å². The summed E-state index contributed by atoms with van der Waals surface area (Å²) in [6.45, 7) is 0.754. The van der Waals surface area contributed by atoms with Crippen LogP contribution in [-0.4, -0.2) is 46.2 Å². The molecule has 4 rings (SSSR count). The maximum Gasteiger partial charge on any atom is 0.404 e. The Morgan fingerprint density at radius 3 is 2.96 bits per heavy atom. The smallest absolute Gasteiger partial charge is 0.404 e. The van der Waals surface area contributed by atoms with Gasteiger partial charge in [0.2, 0.25) is 6.79 Å². The zero-order valence-electron chi connectivity index (χ0n) is 14.8. The van der Waals surface area contributed by atoms with Crippen molar-refractivity contribution < 1.29 is 24.1 Å². The Bertz CT molecular complexity index is 1050. The molecule has 0 aliphatic carbocycles. The molecule has 1 aromatic carbocycles. The van der Waals surface area contributed by atoms with Crippen molar-refractivity contribution in [3.8, 4) is 17.2 Å². The molecule has 0 spiro atoms. The highest BCUT2D eigenvalue weighted by Gasteiger charge is 2.21. The number of benzene rings is 1. The molecule has 0 atom stereocenters. The second-order valence-electron chi connectivity index (χ2n) is 5.80. The van der Waals surface area contributed by atoms with Gasteiger partial charge in [0.1, 0.15) is 11.3 Å². The van der Waals surface area contributed by atoms with Crippen LogP contribution in [0.4, 0.5) is 10.6 Å². The lowest BCUT2D eigenvalue weighted by Crippen LogP contribution is -2.25. The number of imidazole rings is 1. The average molecular weight is 403 g/mol. The van der Waals surface area contributed by atoms with Gasteiger partial charge >= 0.3 is 6.09 Å². The zero-order chi connectivity index (χ0) is 19.7. The van der Waals surface area contributed by atoms with E-state index in [2.05, 4.69) is 15.3 Å². The summed E-state index contributed by atoms with van der Waals surface area (Å²) in [5.41, 5.74) is 7.29. The molecule has 0 saturated carbocycles. The Hall–Kier alpha value is -3.34. The average Bonchev–Trinajstić information content (AvgIpc) is 3.26. The molecular formula is C17H17N5O5S. The van der Waals surface area contributed by atoms with Crippen LogP contribution in [-0.2, 0) is 6.54 Å². The Balaban J connectivity index is 1.74. The van der Waals surface area contributed by atoms with Crippen molar-refractivity contribution in [3.63, 3.8) is 0 Å². The van der Waals surface area contributed by atoms with E-state index in [4.69, 9.17) is 25.1 Å². The fourth-order valence-corrected chi connectivity index (χ4v) is 3.90. The number of hydrogen-bond acceptors (Lipinski definition) is 8. The van der Waals surface area contributed by atoms with Gasteiger partial charge in [0, 0.05) is 31.4 Å². The van der Waals surface area contributed by atoms with E-state index in [0.717, 1.165) is 10.4 Å². The second-order valence-corrected chi connectivity index (χ2v) is 6.81. The molecule has 0 fully saturated rings. The number of nitrogens with two attached hydrogens (primary N) is 1. The lowest BCUT2D eigenvalue weighted by Gasteiger charge is -2.11. The van der Waals surface area contributed by atoms with Gasteiger partial charge in [-0.3, -0.25) is 0 Å². The van der Waals surface area contributed by atoms with Gasteiger partial charge in [0.15, 0.2) is 22.5 Å². The predicted octanol–water partition coefficient (Wildman–Crippen LogP) is 2.17. The quantitative estimate of drug-likeness (QED) is 0.566. The molecule has 3 heterocycles. The first kappa shape index (κ1) is 18.0. The minimum Gasteiger partial charge on any atom is -0.495 e. The van der Waals surface area contributed by atoms with Crippen molar-refractivity contribution in [2.24, 2.45) is 0 Å². The number of rotatable bonds is 6. The van der Waals surface area contributed by atoms with Crippen LogP contribution in [0.3, 0.4) is 0 Å². The first-order valence-corrected chi connectivity index (χ1v) is 9.11. The highest BCUT2D eigenvalue weighted by atomic mass is 32.2. The number of nitrogens with zero attached hydrogens (tertiary/aromatic N) is 3. The first-order chi connectivity index (χ1) is 13.6. The normalized spacial score (nSPS) is 12.3. The lowest BCUT2D eigenvalue weighted by atomic mass is 10.3. The monoisotopic (exact) mass is 403 g/mol. The number of carboxylic acid groups (broad SMARTS) is 1. The van der Waals surface area contributed by atoms with Gasteiger partial charge in [-0.05, 0) is 17.8 Å². The second kappa shape index (κ2) is 7.35. The molecule has 1 aliphatic heterocycles. The Kier molecular flexibility index (Phi) is 4.74. The minimum atomic E-state index is -1.09. The molecule has 28 heavy (non-hydrogen) atoms. The third kappa shape index (κ3) is 3.31. The number of carbonyl (C=O) groups is 1. The number of nitrogens with one attached hydrogen (secondary N) is 1. The molecule has 146 valence electrons. The predicted molar refractivity (Wildman–Crippen MR) is 101 cm³/mol. The fraction of sp³-hybridized carbons (Fsp3) is 0.235. The number of nitrogen functional groups attached to an aromatic ring is 1. The van der Waals surface area contributed by atoms with Crippen molar-refractivity contribution in [3.05, 3.63) is 24.4 Å². The molecule has 2 aromatic heterocycles. The molecule has 1 amide bonds. The van der Waals surface area contributed by atoms with Crippen molar-refractivity contribution in [2.45, 2.75) is 16.6 Å². The van der Waals surface area contributed by atoms with Crippen LogP contribution < -0.4 is 25.3 Å². The molecule has 0 unspecified atom stereocenters. The van der Waals surface area contributed by atoms with E-state index >= 15 is 0 Å². The van der Waals surface area contributed by atoms with Crippen molar-refractivity contribution in [1.82, 2.24) is 19.9 Å². The number of fused-ring (bicyclic) bond motifs is 2. The SMILES string of the molecule is COc1cc2c(cc1Sc1nc3c(N)nccc3n1CCNC(=O)O)OCO2. The summed E-state index contributed by atoms with van der Waals surface area (Å²) < 4.78 is 18.2. The highest BCUT2D eigenvalue weighted by Crippen LogP contribution is 2.44. The van der Waals surface area contributed by atoms with Crippen LogP contribution >= 0.6 is 11.8 Å². The maximum absolute atomic E-state index is 10.8. The first-order valence-electron chi connectivity index (χ1n) is 8.30. The molecule has 1 aliphatic rings. The largest absolute Gasteiger partial charge is 0.495 e. The molecule has 11 heteroatoms. The van der Waals surface area contributed by atoms with Crippen LogP contribution in [0.2, 0.25) is 0 Å². The highest BCUT2D eigenvalue weighted by molar-refractivity contribution is 7.99. The zero-order valence-corrected chi connectivity index (χ0v) is 15.7. The number of methoxy groups -OCH3 is 1. The molecule has 0 radical (unpaired) electrons. The number of aromatic nitrogens is 3. The standard InChI is InChI=1S/C17H17N5O5S/c1-25-12-6-10-11(27-8-26-10)7-13(12)28-16-21-14-9(2-3-19-15(14)18)22(16)5-4-20-17(23)24/h2-3,6-7,20H,4-5,8H2,1H3,(H2,18,19)(H,23,24). The van der Waals surface area contributed by atoms with Crippen LogP contribution in [0, 0.1) is 0 Å². The van der Waals surface area contributed by atoms with Crippen LogP contribution in [0.5, 0.6) is 17.2 Å². The maximum atomic E-state index is 10.8. The lowest BCUT2D eigenvalue weighted by molar-refractivity contribution is 0.173. The summed E-state index contributed by atoms with van der Waals surface area (Å²) in [5.74, 6) is 2.16. The molecule has 3 aromatic rings.